The molecule has 0 saturated carbocycles. The van der Waals surface area contributed by atoms with Crippen molar-refractivity contribution in [2.24, 2.45) is 0 Å². The Morgan fingerprint density at radius 2 is 1.95 bits per heavy atom. The molecule has 0 bridgehead atoms. The third-order valence-electron chi connectivity index (χ3n) is 3.03. The second-order valence-corrected chi connectivity index (χ2v) is 4.75. The number of nitrogens with one attached hydrogen (secondary N) is 1. The fourth-order valence-corrected chi connectivity index (χ4v) is 1.93. The smallest absolute Gasteiger partial charge is 0.137 e. The second-order valence-electron chi connectivity index (χ2n) is 4.75. The summed E-state index contributed by atoms with van der Waals surface area (Å²) in [6.45, 7) is 4.68. The van der Waals surface area contributed by atoms with Gasteiger partial charge in [0.1, 0.15) is 5.75 Å². The van der Waals surface area contributed by atoms with Crippen LogP contribution in [-0.4, -0.2) is 18.1 Å². The Morgan fingerprint density at radius 3 is 2.65 bits per heavy atom. The van der Waals surface area contributed by atoms with Crippen LogP contribution < -0.4 is 10.1 Å². The van der Waals surface area contributed by atoms with Crippen LogP contribution in [0.5, 0.6) is 5.75 Å². The highest BCUT2D eigenvalue weighted by Gasteiger charge is 1.98. The van der Waals surface area contributed by atoms with Gasteiger partial charge in [-0.25, -0.2) is 0 Å². The summed E-state index contributed by atoms with van der Waals surface area (Å²) in [5.74, 6) is 0.833. The van der Waals surface area contributed by atoms with Crippen LogP contribution in [0.1, 0.15) is 24.6 Å². The van der Waals surface area contributed by atoms with Crippen molar-refractivity contribution in [3.05, 3.63) is 59.9 Å². The molecule has 20 heavy (non-hydrogen) atoms. The van der Waals surface area contributed by atoms with Gasteiger partial charge in [-0.2, -0.15) is 0 Å². The van der Waals surface area contributed by atoms with Crippen LogP contribution in [0.4, 0.5) is 0 Å². The third-order valence-corrected chi connectivity index (χ3v) is 3.03. The zero-order valence-electron chi connectivity index (χ0n) is 12.0. The third kappa shape index (κ3) is 5.02. The van der Waals surface area contributed by atoms with Gasteiger partial charge in [-0.05, 0) is 30.7 Å². The average Bonchev–Trinajstić information content (AvgIpc) is 2.50. The van der Waals surface area contributed by atoms with Crippen LogP contribution in [0, 0.1) is 0 Å². The molecule has 0 saturated heterocycles. The Morgan fingerprint density at radius 1 is 1.10 bits per heavy atom. The van der Waals surface area contributed by atoms with Gasteiger partial charge in [-0.15, -0.1) is 0 Å². The molecule has 0 fully saturated rings. The van der Waals surface area contributed by atoms with Gasteiger partial charge in [0.15, 0.2) is 0 Å². The molecule has 1 heterocycles. The van der Waals surface area contributed by atoms with Crippen molar-refractivity contribution < 1.29 is 4.74 Å². The molecular weight excluding hydrogens is 248 g/mol. The number of hydrogen-bond donors (Lipinski definition) is 1. The van der Waals surface area contributed by atoms with Crippen LogP contribution in [0.25, 0.3) is 0 Å². The lowest BCUT2D eigenvalue weighted by Crippen LogP contribution is -2.14. The highest BCUT2D eigenvalue weighted by molar-refractivity contribution is 5.20. The molecule has 1 aromatic carbocycles. The van der Waals surface area contributed by atoms with Crippen molar-refractivity contribution in [3.8, 4) is 5.75 Å². The van der Waals surface area contributed by atoms with Gasteiger partial charge in [-0.1, -0.05) is 37.3 Å². The molecule has 0 aliphatic rings. The van der Waals surface area contributed by atoms with E-state index in [9.17, 15) is 0 Å². The molecule has 2 aromatic rings. The first-order valence-electron chi connectivity index (χ1n) is 7.21. The molecule has 0 aliphatic carbocycles. The summed E-state index contributed by atoms with van der Waals surface area (Å²) in [6.07, 6.45) is 3.86. The number of ether oxygens (including phenoxy) is 1. The van der Waals surface area contributed by atoms with Crippen molar-refractivity contribution in [1.29, 1.82) is 0 Å². The maximum atomic E-state index is 5.71. The molecule has 106 valence electrons. The quantitative estimate of drug-likeness (QED) is 0.748. The normalized spacial score (nSPS) is 10.4. The summed E-state index contributed by atoms with van der Waals surface area (Å²) in [5, 5.41) is 3.33. The van der Waals surface area contributed by atoms with E-state index in [1.165, 1.54) is 5.56 Å². The minimum Gasteiger partial charge on any atom is -0.492 e. The number of benzene rings is 1. The van der Waals surface area contributed by atoms with Gasteiger partial charge in [0.05, 0.1) is 18.5 Å². The van der Waals surface area contributed by atoms with Crippen molar-refractivity contribution in [2.75, 3.05) is 13.2 Å². The minimum absolute atomic E-state index is 0.680. The fourth-order valence-electron chi connectivity index (χ4n) is 1.93. The molecule has 0 amide bonds. The molecule has 2 rings (SSSR count). The number of aromatic nitrogens is 1. The first kappa shape index (κ1) is 14.5. The van der Waals surface area contributed by atoms with Gasteiger partial charge in [-0.3, -0.25) is 4.98 Å². The van der Waals surface area contributed by atoms with E-state index in [0.29, 0.717) is 6.61 Å². The van der Waals surface area contributed by atoms with E-state index in [4.69, 9.17) is 4.74 Å². The molecule has 1 aromatic heterocycles. The van der Waals surface area contributed by atoms with Crippen molar-refractivity contribution in [2.45, 2.75) is 26.3 Å². The Kier molecular flexibility index (Phi) is 6.06. The van der Waals surface area contributed by atoms with Gasteiger partial charge in [0, 0.05) is 13.0 Å². The maximum Gasteiger partial charge on any atom is 0.137 e. The molecule has 3 heteroatoms. The maximum absolute atomic E-state index is 5.71. The number of hydrogen-bond acceptors (Lipinski definition) is 3. The number of nitrogens with zero attached hydrogens (tertiary/aromatic N) is 1. The lowest BCUT2D eigenvalue weighted by molar-refractivity contribution is 0.320. The summed E-state index contributed by atoms with van der Waals surface area (Å²) in [7, 11) is 0. The van der Waals surface area contributed by atoms with Gasteiger partial charge in [0.2, 0.25) is 0 Å². The molecule has 0 aliphatic heterocycles. The lowest BCUT2D eigenvalue weighted by atomic mass is 10.2. The molecule has 0 radical (unpaired) electrons. The predicted octanol–water partition coefficient (Wildman–Crippen LogP) is 3.20. The van der Waals surface area contributed by atoms with E-state index in [-0.39, 0.29) is 0 Å². The van der Waals surface area contributed by atoms with Crippen LogP contribution in [0.15, 0.2) is 48.7 Å². The Labute approximate surface area is 121 Å². The van der Waals surface area contributed by atoms with E-state index in [1.54, 1.807) is 6.20 Å². The van der Waals surface area contributed by atoms with E-state index < -0.39 is 0 Å². The number of rotatable bonds is 8. The average molecular weight is 270 g/mol. The first-order valence-corrected chi connectivity index (χ1v) is 7.21. The van der Waals surface area contributed by atoms with E-state index in [1.807, 2.05) is 18.2 Å². The van der Waals surface area contributed by atoms with Gasteiger partial charge in [0.25, 0.3) is 0 Å². The zero-order valence-corrected chi connectivity index (χ0v) is 12.0. The molecule has 0 unspecified atom stereocenters. The topological polar surface area (TPSA) is 34.1 Å². The summed E-state index contributed by atoms with van der Waals surface area (Å²) in [4.78, 5) is 4.39. The van der Waals surface area contributed by atoms with Crippen LogP contribution in [0.2, 0.25) is 0 Å². The van der Waals surface area contributed by atoms with Crippen molar-refractivity contribution >= 4 is 0 Å². The van der Waals surface area contributed by atoms with Crippen LogP contribution in [-0.2, 0) is 13.0 Å². The lowest BCUT2D eigenvalue weighted by Gasteiger charge is -2.07. The SMILES string of the molecule is CCCNCc1ccc(OCCc2ccccc2)cn1. The Bertz CT molecular complexity index is 482. The first-order chi connectivity index (χ1) is 9.88. The molecule has 0 spiro atoms. The largest absolute Gasteiger partial charge is 0.492 e. The highest BCUT2D eigenvalue weighted by atomic mass is 16.5. The Balaban J connectivity index is 1.73. The fraction of sp³-hybridized carbons (Fsp3) is 0.353. The molecule has 0 atom stereocenters. The highest BCUT2D eigenvalue weighted by Crippen LogP contribution is 2.10. The standard InChI is InChI=1S/C17H22N2O/c1-2-11-18-13-16-8-9-17(14-19-16)20-12-10-15-6-4-3-5-7-15/h3-9,14,18H,2,10-13H2,1H3. The second kappa shape index (κ2) is 8.33. The molecular formula is C17H22N2O. The van der Waals surface area contributed by atoms with Crippen molar-refractivity contribution in [3.63, 3.8) is 0 Å². The summed E-state index contributed by atoms with van der Waals surface area (Å²) in [6, 6.07) is 14.4. The van der Waals surface area contributed by atoms with E-state index in [2.05, 4.69) is 41.5 Å². The van der Waals surface area contributed by atoms with Gasteiger partial charge < -0.3 is 10.1 Å². The Hall–Kier alpha value is -1.87. The minimum atomic E-state index is 0.680. The molecule has 1 N–H and O–H groups in total. The van der Waals surface area contributed by atoms with Crippen molar-refractivity contribution in [1.82, 2.24) is 10.3 Å². The summed E-state index contributed by atoms with van der Waals surface area (Å²) >= 11 is 0. The van der Waals surface area contributed by atoms with Gasteiger partial charge >= 0.3 is 0 Å². The summed E-state index contributed by atoms with van der Waals surface area (Å²) < 4.78 is 5.71. The predicted molar refractivity (Wildman–Crippen MR) is 81.9 cm³/mol. The van der Waals surface area contributed by atoms with Crippen LogP contribution in [0.3, 0.4) is 0 Å². The summed E-state index contributed by atoms with van der Waals surface area (Å²) in [5.41, 5.74) is 2.34. The monoisotopic (exact) mass is 270 g/mol. The van der Waals surface area contributed by atoms with Crippen LogP contribution >= 0.6 is 0 Å². The molecule has 3 nitrogen and oxygen atoms in total. The number of pyridine rings is 1. The van der Waals surface area contributed by atoms with E-state index in [0.717, 1.165) is 37.4 Å². The van der Waals surface area contributed by atoms with E-state index >= 15 is 0 Å². The zero-order chi connectivity index (χ0) is 14.0.